The standard InChI is InChI=1S/C24H24N6O/c1-3-10-29-15-23(17-4-5-18-12-25-28-22(18)11-17)27-24(16(29)2)26-19-6-8-20(9-7-19)30-13-21(31)14-30/h3-12,15,21,31H,2,13-14H2,1H3,(H,25,28)(H,26,27)/b10-3-. The molecule has 3 aromatic rings. The molecular formula is C24H24N6O. The fourth-order valence-electron chi connectivity index (χ4n) is 3.73. The first-order valence-electron chi connectivity index (χ1n) is 10.3. The van der Waals surface area contributed by atoms with Gasteiger partial charge in [0.2, 0.25) is 0 Å². The van der Waals surface area contributed by atoms with Gasteiger partial charge in [0, 0.05) is 47.8 Å². The lowest BCUT2D eigenvalue weighted by atomic mass is 10.1. The van der Waals surface area contributed by atoms with Gasteiger partial charge in [-0.15, -0.1) is 0 Å². The van der Waals surface area contributed by atoms with Crippen molar-refractivity contribution in [3.63, 3.8) is 0 Å². The summed E-state index contributed by atoms with van der Waals surface area (Å²) in [5, 5.41) is 21.1. The van der Waals surface area contributed by atoms with Crippen molar-refractivity contribution >= 4 is 33.8 Å². The number of rotatable bonds is 4. The molecule has 0 saturated carbocycles. The number of hydrogen-bond acceptors (Lipinski definition) is 6. The summed E-state index contributed by atoms with van der Waals surface area (Å²) in [5.74, 6) is 0.687. The van der Waals surface area contributed by atoms with E-state index in [1.165, 1.54) is 0 Å². The zero-order valence-electron chi connectivity index (χ0n) is 17.3. The molecule has 3 heterocycles. The first-order valence-corrected chi connectivity index (χ1v) is 10.3. The number of allylic oxidation sites excluding steroid dienone is 1. The Morgan fingerprint density at radius 2 is 2.00 bits per heavy atom. The second-order valence-corrected chi connectivity index (χ2v) is 7.71. The lowest BCUT2D eigenvalue weighted by Gasteiger charge is -2.37. The maximum Gasteiger partial charge on any atom is 0.154 e. The van der Waals surface area contributed by atoms with Crippen LogP contribution in [0.2, 0.25) is 0 Å². The average molecular weight is 412 g/mol. The number of aliphatic imine (C=N–C) groups is 1. The van der Waals surface area contributed by atoms with Gasteiger partial charge in [0.15, 0.2) is 5.84 Å². The number of hydrogen-bond donors (Lipinski definition) is 3. The fourth-order valence-corrected chi connectivity index (χ4v) is 3.73. The molecule has 0 aliphatic carbocycles. The first kappa shape index (κ1) is 19.1. The smallest absolute Gasteiger partial charge is 0.154 e. The summed E-state index contributed by atoms with van der Waals surface area (Å²) in [6.07, 6.45) is 7.50. The molecule has 2 aliphatic rings. The third-order valence-electron chi connectivity index (χ3n) is 5.48. The van der Waals surface area contributed by atoms with Crippen LogP contribution >= 0.6 is 0 Å². The summed E-state index contributed by atoms with van der Waals surface area (Å²) in [6, 6.07) is 14.3. The predicted octanol–water partition coefficient (Wildman–Crippen LogP) is 3.92. The summed E-state index contributed by atoms with van der Waals surface area (Å²) in [6.45, 7) is 7.56. The molecule has 0 spiro atoms. The van der Waals surface area contributed by atoms with Gasteiger partial charge in [0.05, 0.1) is 29.2 Å². The highest BCUT2D eigenvalue weighted by atomic mass is 16.3. The van der Waals surface area contributed by atoms with Crippen LogP contribution in [0, 0.1) is 0 Å². The van der Waals surface area contributed by atoms with Crippen molar-refractivity contribution in [2.24, 2.45) is 4.99 Å². The van der Waals surface area contributed by atoms with E-state index in [4.69, 9.17) is 4.99 Å². The second-order valence-electron chi connectivity index (χ2n) is 7.71. The van der Waals surface area contributed by atoms with E-state index >= 15 is 0 Å². The maximum atomic E-state index is 9.51. The van der Waals surface area contributed by atoms with E-state index in [0.717, 1.165) is 39.2 Å². The van der Waals surface area contributed by atoms with Crippen molar-refractivity contribution in [1.29, 1.82) is 0 Å². The van der Waals surface area contributed by atoms with Crippen LogP contribution in [0.15, 0.2) is 84.4 Å². The number of nitrogens with zero attached hydrogens (tertiary/aromatic N) is 4. The summed E-state index contributed by atoms with van der Waals surface area (Å²) in [7, 11) is 0. The van der Waals surface area contributed by atoms with Crippen LogP contribution < -0.4 is 10.2 Å². The summed E-state index contributed by atoms with van der Waals surface area (Å²) < 4.78 is 0. The summed E-state index contributed by atoms with van der Waals surface area (Å²) >= 11 is 0. The van der Waals surface area contributed by atoms with Gasteiger partial charge in [-0.2, -0.15) is 5.10 Å². The van der Waals surface area contributed by atoms with E-state index in [9.17, 15) is 5.11 Å². The molecule has 0 unspecified atom stereocenters. The number of fused-ring (bicyclic) bond motifs is 1. The molecule has 2 aromatic carbocycles. The number of aromatic nitrogens is 2. The molecule has 7 nitrogen and oxygen atoms in total. The number of H-pyrrole nitrogens is 1. The number of aliphatic hydroxyl groups is 1. The number of aromatic amines is 1. The van der Waals surface area contributed by atoms with Crippen molar-refractivity contribution in [1.82, 2.24) is 15.1 Å². The fraction of sp³-hybridized carbons (Fsp3) is 0.167. The molecule has 3 N–H and O–H groups in total. The number of amidine groups is 1. The monoisotopic (exact) mass is 412 g/mol. The molecule has 2 aliphatic heterocycles. The lowest BCUT2D eigenvalue weighted by molar-refractivity contribution is 0.142. The SMILES string of the molecule is C=C1C(Nc2ccc(N3CC(O)C3)cc2)=NC(c2ccc3cn[nH]c3c2)=CN1/C=C\C. The Bertz CT molecular complexity index is 1210. The van der Waals surface area contributed by atoms with Gasteiger partial charge in [-0.1, -0.05) is 24.8 Å². The Balaban J connectivity index is 1.43. The zero-order valence-corrected chi connectivity index (χ0v) is 17.3. The van der Waals surface area contributed by atoms with Gasteiger partial charge in [0.25, 0.3) is 0 Å². The highest BCUT2D eigenvalue weighted by molar-refractivity contribution is 6.11. The van der Waals surface area contributed by atoms with E-state index in [1.807, 2.05) is 79.0 Å². The Labute approximate surface area is 180 Å². The first-order chi connectivity index (χ1) is 15.1. The van der Waals surface area contributed by atoms with Gasteiger partial charge in [-0.25, -0.2) is 4.99 Å². The molecule has 31 heavy (non-hydrogen) atoms. The summed E-state index contributed by atoms with van der Waals surface area (Å²) in [5.41, 5.74) is 5.58. The van der Waals surface area contributed by atoms with Gasteiger partial charge < -0.3 is 20.2 Å². The van der Waals surface area contributed by atoms with Gasteiger partial charge in [0.1, 0.15) is 0 Å². The largest absolute Gasteiger partial charge is 0.389 e. The molecule has 0 radical (unpaired) electrons. The second kappa shape index (κ2) is 7.77. The van der Waals surface area contributed by atoms with Crippen LogP contribution in [0.5, 0.6) is 0 Å². The number of β-amino-alcohol motifs (C(OH)–C–C–N with tert-alkyl or cyclic N) is 1. The van der Waals surface area contributed by atoms with Crippen LogP contribution in [0.1, 0.15) is 12.5 Å². The van der Waals surface area contributed by atoms with E-state index in [1.54, 1.807) is 0 Å². The highest BCUT2D eigenvalue weighted by Gasteiger charge is 2.24. The number of aliphatic hydroxyl groups excluding tert-OH is 1. The minimum absolute atomic E-state index is 0.221. The van der Waals surface area contributed by atoms with E-state index in [2.05, 4.69) is 27.0 Å². The summed E-state index contributed by atoms with van der Waals surface area (Å²) in [4.78, 5) is 8.98. The number of anilines is 2. The molecule has 5 rings (SSSR count). The Morgan fingerprint density at radius 3 is 2.74 bits per heavy atom. The van der Waals surface area contributed by atoms with Crippen LogP contribution in [0.25, 0.3) is 16.6 Å². The van der Waals surface area contributed by atoms with E-state index in [0.29, 0.717) is 18.9 Å². The van der Waals surface area contributed by atoms with Crippen molar-refractivity contribution in [3.05, 3.63) is 85.0 Å². The molecule has 7 heteroatoms. The Morgan fingerprint density at radius 1 is 1.19 bits per heavy atom. The quantitative estimate of drug-likeness (QED) is 0.605. The molecule has 1 fully saturated rings. The number of nitrogens with one attached hydrogen (secondary N) is 2. The van der Waals surface area contributed by atoms with Gasteiger partial charge in [-0.05, 0) is 37.3 Å². The molecule has 0 amide bonds. The Kier molecular flexibility index (Phi) is 4.80. The predicted molar refractivity (Wildman–Crippen MR) is 126 cm³/mol. The van der Waals surface area contributed by atoms with Crippen molar-refractivity contribution in [2.45, 2.75) is 13.0 Å². The van der Waals surface area contributed by atoms with Crippen LogP contribution in [0.3, 0.4) is 0 Å². The molecule has 0 bridgehead atoms. The number of benzene rings is 2. The van der Waals surface area contributed by atoms with Crippen LogP contribution in [-0.4, -0.2) is 45.2 Å². The van der Waals surface area contributed by atoms with E-state index < -0.39 is 0 Å². The van der Waals surface area contributed by atoms with Crippen LogP contribution in [-0.2, 0) is 0 Å². The van der Waals surface area contributed by atoms with Crippen molar-refractivity contribution < 1.29 is 5.11 Å². The molecule has 156 valence electrons. The molecule has 1 saturated heterocycles. The molecule has 1 aromatic heterocycles. The highest BCUT2D eigenvalue weighted by Crippen LogP contribution is 2.28. The van der Waals surface area contributed by atoms with E-state index in [-0.39, 0.29) is 6.10 Å². The zero-order chi connectivity index (χ0) is 21.4. The topological polar surface area (TPSA) is 79.8 Å². The molecular weight excluding hydrogens is 388 g/mol. The van der Waals surface area contributed by atoms with Gasteiger partial charge in [-0.3, -0.25) is 5.10 Å². The average Bonchev–Trinajstić information content (AvgIpc) is 3.23. The normalized spacial score (nSPS) is 17.2. The van der Waals surface area contributed by atoms with Crippen LogP contribution in [0.4, 0.5) is 11.4 Å². The third-order valence-corrected chi connectivity index (χ3v) is 5.48. The van der Waals surface area contributed by atoms with Crippen molar-refractivity contribution in [2.75, 3.05) is 23.3 Å². The third kappa shape index (κ3) is 3.71. The van der Waals surface area contributed by atoms with Gasteiger partial charge >= 0.3 is 0 Å². The lowest BCUT2D eigenvalue weighted by Crippen LogP contribution is -2.50. The minimum atomic E-state index is -0.221. The maximum absolute atomic E-state index is 9.51. The Hall–Kier alpha value is -3.84. The molecule has 0 atom stereocenters. The minimum Gasteiger partial charge on any atom is -0.389 e. The van der Waals surface area contributed by atoms with Crippen molar-refractivity contribution in [3.8, 4) is 0 Å².